The van der Waals surface area contributed by atoms with Crippen molar-refractivity contribution in [2.24, 2.45) is 0 Å². The molecule has 0 spiro atoms. The summed E-state index contributed by atoms with van der Waals surface area (Å²) >= 11 is 0. The standard InChI is InChI=1S/8C6H7NO.4Rh/c8*1-5-3-2-4-6(8)7-5;;;;/h8*2-4H,1H3,(H,7,8);;;;/q;;;;;;;;4*+2/p-8. The molecule has 0 amide bonds. The maximum atomic E-state index is 10.4. The van der Waals surface area contributed by atoms with Crippen LogP contribution >= 0.6 is 0 Å². The first-order valence-corrected chi connectivity index (χ1v) is 19.2. The minimum atomic E-state index is -0.162. The fraction of sp³-hybridized carbons (Fsp3) is 0.167. The monoisotopic (exact) mass is 1280 g/mol. The van der Waals surface area contributed by atoms with Gasteiger partial charge in [-0.15, -0.1) is 0 Å². The van der Waals surface area contributed by atoms with Gasteiger partial charge >= 0.3 is 77.9 Å². The van der Waals surface area contributed by atoms with Gasteiger partial charge < -0.3 is 40.9 Å². The number of rotatable bonds is 0. The predicted octanol–water partition coefficient (Wildman–Crippen LogP) is 3.70. The summed E-state index contributed by atoms with van der Waals surface area (Å²) in [6, 6.07) is 39.4. The summed E-state index contributed by atoms with van der Waals surface area (Å²) in [6.45, 7) is 14.3. The molecule has 0 N–H and O–H groups in total. The van der Waals surface area contributed by atoms with Crippen molar-refractivity contribution in [3.05, 3.63) is 191 Å². The number of nitrogens with zero attached hydrogens (tertiary/aromatic N) is 8. The van der Waals surface area contributed by atoms with Crippen LogP contribution in [0.2, 0.25) is 0 Å². The number of hydrogen-bond acceptors (Lipinski definition) is 16. The Balaban J connectivity index is -0.000000341. The molecule has 8 aromatic rings. The fourth-order valence-electron chi connectivity index (χ4n) is 4.14. The summed E-state index contributed by atoms with van der Waals surface area (Å²) in [7, 11) is 0. The maximum absolute atomic E-state index is 10.4. The summed E-state index contributed by atoms with van der Waals surface area (Å²) in [6.07, 6.45) is 0. The molecule has 8 aromatic heterocycles. The molecule has 4 radical (unpaired) electrons. The average molecular weight is 1280 g/mol. The van der Waals surface area contributed by atoms with E-state index in [1.807, 2.05) is 0 Å². The SMILES string of the molecule is Cc1cccc([O-])n1.Cc1cccc([O-])n1.Cc1cccc([O-])n1.Cc1cccc([O-])n1.Cc1cccc([O-])n1.Cc1cccc([O-])n1.Cc1cccc([O-])n1.Cc1cccc([O-])n1.[Rh+2].[Rh+2].[Rh+2].[Rh+2]. The molecular weight excluding hydrogens is 1230 g/mol. The van der Waals surface area contributed by atoms with E-state index in [-0.39, 0.29) is 125 Å². The fourth-order valence-corrected chi connectivity index (χ4v) is 4.14. The number of hydrogen-bond donors (Lipinski definition) is 0. The Bertz CT molecular complexity index is 1890. The molecule has 0 saturated heterocycles. The van der Waals surface area contributed by atoms with Crippen molar-refractivity contribution in [2.75, 3.05) is 0 Å². The van der Waals surface area contributed by atoms with Crippen LogP contribution in [-0.2, 0) is 77.9 Å². The molecule has 364 valence electrons. The van der Waals surface area contributed by atoms with Gasteiger partial charge in [-0.25, -0.2) is 0 Å². The Morgan fingerprint density at radius 2 is 0.279 bits per heavy atom. The molecule has 0 unspecified atom stereocenters. The zero-order chi connectivity index (χ0) is 47.9. The summed E-state index contributed by atoms with van der Waals surface area (Å²) in [4.78, 5) is 28.9. The van der Waals surface area contributed by atoms with Crippen molar-refractivity contribution in [3.63, 3.8) is 0 Å². The van der Waals surface area contributed by atoms with Crippen molar-refractivity contribution in [2.45, 2.75) is 55.4 Å². The van der Waals surface area contributed by atoms with Gasteiger partial charge in [-0.3, -0.25) is 39.9 Å². The van der Waals surface area contributed by atoms with Crippen LogP contribution < -0.4 is 40.9 Å². The molecule has 68 heavy (non-hydrogen) atoms. The van der Waals surface area contributed by atoms with Crippen molar-refractivity contribution >= 4 is 0 Å². The van der Waals surface area contributed by atoms with Crippen LogP contribution in [0.1, 0.15) is 45.6 Å². The van der Waals surface area contributed by atoms with Crippen LogP contribution in [0.15, 0.2) is 146 Å². The summed E-state index contributed by atoms with van der Waals surface area (Å²) in [5.41, 5.74) is 6.20. The van der Waals surface area contributed by atoms with E-state index < -0.39 is 0 Å². The third-order valence-electron chi connectivity index (χ3n) is 6.90. The normalized spacial score (nSPS) is 8.59. The van der Waals surface area contributed by atoms with E-state index in [2.05, 4.69) is 39.9 Å². The third kappa shape index (κ3) is 38.2. The molecule has 0 aliphatic carbocycles. The summed E-state index contributed by atoms with van der Waals surface area (Å²) in [5, 5.41) is 83.0. The Morgan fingerprint density at radius 3 is 0.324 bits per heavy atom. The van der Waals surface area contributed by atoms with Crippen LogP contribution in [0.3, 0.4) is 0 Å². The average Bonchev–Trinajstić information content (AvgIpc) is 3.19. The van der Waals surface area contributed by atoms with Crippen molar-refractivity contribution in [1.82, 2.24) is 39.9 Å². The maximum Gasteiger partial charge on any atom is 2.00 e. The van der Waals surface area contributed by atoms with Gasteiger partial charge in [-0.05, 0) is 151 Å². The molecule has 0 aromatic carbocycles. The van der Waals surface area contributed by atoms with E-state index in [9.17, 15) is 40.9 Å². The van der Waals surface area contributed by atoms with Gasteiger partial charge in [-0.1, -0.05) is 97.1 Å². The van der Waals surface area contributed by atoms with Crippen LogP contribution in [-0.4, -0.2) is 39.9 Å². The second-order valence-corrected chi connectivity index (χ2v) is 12.9. The quantitative estimate of drug-likeness (QED) is 0.196. The molecule has 0 aliphatic heterocycles. The smallest absolute Gasteiger partial charge is 0.859 e. The van der Waals surface area contributed by atoms with Gasteiger partial charge in [-0.2, -0.15) is 0 Å². The second-order valence-electron chi connectivity index (χ2n) is 12.9. The van der Waals surface area contributed by atoms with Crippen LogP contribution in [0.5, 0.6) is 47.0 Å². The topological polar surface area (TPSA) is 288 Å². The molecule has 0 fully saturated rings. The molecule has 0 bridgehead atoms. The van der Waals surface area contributed by atoms with Crippen LogP contribution in [0.25, 0.3) is 0 Å². The first kappa shape index (κ1) is 68.7. The zero-order valence-corrected chi connectivity index (χ0v) is 44.6. The van der Waals surface area contributed by atoms with Gasteiger partial charge in [0.1, 0.15) is 0 Å². The molecule has 16 nitrogen and oxygen atoms in total. The number of aromatic nitrogens is 8. The van der Waals surface area contributed by atoms with Gasteiger partial charge in [0.25, 0.3) is 0 Å². The number of aryl methyl sites for hydroxylation is 8. The predicted molar refractivity (Wildman–Crippen MR) is 227 cm³/mol. The van der Waals surface area contributed by atoms with E-state index in [1.165, 1.54) is 48.5 Å². The Kier molecular flexibility index (Phi) is 40.6. The molecule has 20 heteroatoms. The first-order chi connectivity index (χ1) is 30.3. The van der Waals surface area contributed by atoms with Crippen molar-refractivity contribution in [1.29, 1.82) is 0 Å². The Labute approximate surface area is 448 Å². The largest absolute Gasteiger partial charge is 2.00 e. The van der Waals surface area contributed by atoms with Crippen LogP contribution in [0, 0.1) is 55.4 Å². The Morgan fingerprint density at radius 1 is 0.191 bits per heavy atom. The third-order valence-corrected chi connectivity index (χ3v) is 6.90. The first-order valence-electron chi connectivity index (χ1n) is 19.2. The summed E-state index contributed by atoms with van der Waals surface area (Å²) in [5.74, 6) is -1.30. The van der Waals surface area contributed by atoms with Gasteiger partial charge in [0.2, 0.25) is 0 Å². The van der Waals surface area contributed by atoms with E-state index >= 15 is 0 Å². The second kappa shape index (κ2) is 40.2. The van der Waals surface area contributed by atoms with Crippen molar-refractivity contribution < 1.29 is 119 Å². The Hall–Kier alpha value is -5.91. The molecule has 0 atom stereocenters. The van der Waals surface area contributed by atoms with Gasteiger partial charge in [0, 0.05) is 45.6 Å². The van der Waals surface area contributed by atoms with E-state index in [0.29, 0.717) is 0 Å². The molecule has 8 rings (SSSR count). The van der Waals surface area contributed by atoms with E-state index in [4.69, 9.17) is 0 Å². The van der Waals surface area contributed by atoms with Gasteiger partial charge in [0.15, 0.2) is 0 Å². The minimum absolute atomic E-state index is 0. The van der Waals surface area contributed by atoms with Crippen molar-refractivity contribution in [3.8, 4) is 47.0 Å². The summed E-state index contributed by atoms with van der Waals surface area (Å²) < 4.78 is 0. The molecule has 0 aliphatic rings. The number of pyridine rings is 8. The molecule has 0 saturated carbocycles. The van der Waals surface area contributed by atoms with Gasteiger partial charge in [0.05, 0.1) is 0 Å². The van der Waals surface area contributed by atoms with Crippen LogP contribution in [0.4, 0.5) is 0 Å². The van der Waals surface area contributed by atoms with E-state index in [0.717, 1.165) is 45.6 Å². The van der Waals surface area contributed by atoms with E-state index in [1.54, 1.807) is 152 Å². The minimum Gasteiger partial charge on any atom is -0.859 e. The zero-order valence-electron chi connectivity index (χ0n) is 38.0. The molecule has 8 heterocycles. The molecular formula is C48H48N8O8Rh4.